The van der Waals surface area contributed by atoms with E-state index in [-0.39, 0.29) is 24.3 Å². The maximum atomic E-state index is 12.1. The first-order chi connectivity index (χ1) is 11.1. The molecule has 2 rings (SSSR count). The lowest BCUT2D eigenvalue weighted by molar-refractivity contribution is -0.131. The molecule has 0 aromatic heterocycles. The smallest absolute Gasteiger partial charge is 0.236 e. The second-order valence-corrected chi connectivity index (χ2v) is 5.58. The second-order valence-electron chi connectivity index (χ2n) is 5.58. The van der Waals surface area contributed by atoms with Gasteiger partial charge in [0.05, 0.1) is 19.6 Å². The van der Waals surface area contributed by atoms with Gasteiger partial charge < -0.3 is 15.0 Å². The van der Waals surface area contributed by atoms with Gasteiger partial charge in [-0.1, -0.05) is 12.1 Å². The van der Waals surface area contributed by atoms with Crippen LogP contribution in [0.25, 0.3) is 0 Å². The van der Waals surface area contributed by atoms with Crippen LogP contribution in [0.2, 0.25) is 0 Å². The van der Waals surface area contributed by atoms with Crippen LogP contribution in [0.3, 0.4) is 0 Å². The van der Waals surface area contributed by atoms with E-state index in [0.29, 0.717) is 19.5 Å². The lowest BCUT2D eigenvalue weighted by Gasteiger charge is -2.32. The van der Waals surface area contributed by atoms with E-state index in [1.165, 1.54) is 0 Å². The van der Waals surface area contributed by atoms with E-state index < -0.39 is 0 Å². The fourth-order valence-corrected chi connectivity index (χ4v) is 2.66. The number of amides is 2. The molecule has 0 saturated carbocycles. The lowest BCUT2D eigenvalue weighted by atomic mass is 10.0. The molecule has 0 bridgehead atoms. The zero-order valence-corrected chi connectivity index (χ0v) is 13.2. The van der Waals surface area contributed by atoms with Gasteiger partial charge in [-0.3, -0.25) is 9.59 Å². The molecule has 1 aliphatic heterocycles. The van der Waals surface area contributed by atoms with Gasteiger partial charge in [-0.25, -0.2) is 0 Å². The molecule has 2 amide bonds. The van der Waals surface area contributed by atoms with Gasteiger partial charge in [-0.05, 0) is 30.5 Å². The van der Waals surface area contributed by atoms with Crippen molar-refractivity contribution in [1.82, 2.24) is 10.2 Å². The summed E-state index contributed by atoms with van der Waals surface area (Å²) >= 11 is 0. The van der Waals surface area contributed by atoms with E-state index >= 15 is 0 Å². The van der Waals surface area contributed by atoms with Gasteiger partial charge in [0.15, 0.2) is 0 Å². The molecule has 1 saturated heterocycles. The highest BCUT2D eigenvalue weighted by molar-refractivity contribution is 5.79. The average molecular weight is 315 g/mol. The first-order valence-corrected chi connectivity index (χ1v) is 7.69. The monoisotopic (exact) mass is 315 g/mol. The summed E-state index contributed by atoms with van der Waals surface area (Å²) in [4.78, 5) is 25.4. The highest BCUT2D eigenvalue weighted by Gasteiger charge is 2.23. The number of carbonyl (C=O) groups is 2. The maximum Gasteiger partial charge on any atom is 0.236 e. The Bertz CT molecular complexity index is 584. The van der Waals surface area contributed by atoms with E-state index in [9.17, 15) is 9.59 Å². The fourth-order valence-electron chi connectivity index (χ4n) is 2.66. The summed E-state index contributed by atoms with van der Waals surface area (Å²) in [5, 5.41) is 11.6. The molecule has 1 aromatic rings. The third-order valence-corrected chi connectivity index (χ3v) is 3.97. The number of ether oxygens (including phenoxy) is 1. The number of carbonyl (C=O) groups excluding carboxylic acids is 2. The Morgan fingerprint density at radius 1 is 1.30 bits per heavy atom. The normalized spacial score (nSPS) is 14.9. The number of benzene rings is 1. The van der Waals surface area contributed by atoms with Crippen LogP contribution in [0.15, 0.2) is 24.3 Å². The van der Waals surface area contributed by atoms with E-state index in [2.05, 4.69) is 5.32 Å². The van der Waals surface area contributed by atoms with Crippen molar-refractivity contribution < 1.29 is 14.3 Å². The van der Waals surface area contributed by atoms with Crippen molar-refractivity contribution in [2.45, 2.75) is 31.7 Å². The summed E-state index contributed by atoms with van der Waals surface area (Å²) < 4.78 is 5.09. The van der Waals surface area contributed by atoms with Crippen molar-refractivity contribution in [3.05, 3.63) is 29.8 Å². The molecule has 1 N–H and O–H groups in total. The molecular weight excluding hydrogens is 294 g/mol. The van der Waals surface area contributed by atoms with Gasteiger partial charge in [-0.2, -0.15) is 5.26 Å². The zero-order chi connectivity index (χ0) is 16.7. The number of piperidine rings is 1. The predicted molar refractivity (Wildman–Crippen MR) is 84.7 cm³/mol. The first kappa shape index (κ1) is 16.8. The molecule has 1 heterocycles. The average Bonchev–Trinajstić information content (AvgIpc) is 2.56. The molecule has 23 heavy (non-hydrogen) atoms. The Hall–Kier alpha value is -2.55. The predicted octanol–water partition coefficient (Wildman–Crippen LogP) is 1.26. The summed E-state index contributed by atoms with van der Waals surface area (Å²) in [7, 11) is 1.61. The minimum atomic E-state index is -0.129. The lowest BCUT2D eigenvalue weighted by Crippen LogP contribution is -2.46. The molecule has 0 radical (unpaired) electrons. The van der Waals surface area contributed by atoms with E-state index in [4.69, 9.17) is 10.00 Å². The van der Waals surface area contributed by atoms with Crippen molar-refractivity contribution in [2.24, 2.45) is 0 Å². The van der Waals surface area contributed by atoms with Gasteiger partial charge in [0.25, 0.3) is 0 Å². The molecule has 1 aliphatic rings. The summed E-state index contributed by atoms with van der Waals surface area (Å²) in [5.41, 5.74) is 0.935. The van der Waals surface area contributed by atoms with Crippen LogP contribution in [0.1, 0.15) is 24.8 Å². The van der Waals surface area contributed by atoms with Crippen LogP contribution < -0.4 is 10.1 Å². The van der Waals surface area contributed by atoms with E-state index in [1.807, 2.05) is 30.3 Å². The summed E-state index contributed by atoms with van der Waals surface area (Å²) in [5.74, 6) is 0.621. The van der Waals surface area contributed by atoms with Gasteiger partial charge in [-0.15, -0.1) is 0 Å². The Morgan fingerprint density at radius 3 is 2.52 bits per heavy atom. The number of nitriles is 1. The summed E-state index contributed by atoms with van der Waals surface area (Å²) in [6.07, 6.45) is 1.71. The number of rotatable bonds is 5. The number of methoxy groups -OCH3 is 1. The number of nitrogens with one attached hydrogen (secondary N) is 1. The summed E-state index contributed by atoms with van der Waals surface area (Å²) in [6, 6.07) is 9.39. The number of hydrogen-bond acceptors (Lipinski definition) is 4. The molecule has 1 aromatic carbocycles. The molecular formula is C17H21N3O3. The van der Waals surface area contributed by atoms with Crippen LogP contribution in [0, 0.1) is 11.3 Å². The van der Waals surface area contributed by atoms with Crippen molar-refractivity contribution in [3.8, 4) is 11.8 Å². The van der Waals surface area contributed by atoms with E-state index in [1.54, 1.807) is 12.0 Å². The van der Waals surface area contributed by atoms with Crippen LogP contribution in [-0.4, -0.2) is 43.0 Å². The highest BCUT2D eigenvalue weighted by Crippen LogP contribution is 2.13. The second kappa shape index (κ2) is 8.18. The SMILES string of the molecule is COc1ccc(CC(=O)NC2CCN(C(=O)CC#N)CC2)cc1. The Kier molecular flexibility index (Phi) is 5.98. The maximum absolute atomic E-state index is 12.1. The van der Waals surface area contributed by atoms with Crippen LogP contribution in [0.4, 0.5) is 0 Å². The van der Waals surface area contributed by atoms with Gasteiger partial charge >= 0.3 is 0 Å². The minimum absolute atomic E-state index is 0.0167. The number of hydrogen-bond donors (Lipinski definition) is 1. The van der Waals surface area contributed by atoms with E-state index in [0.717, 1.165) is 24.2 Å². The zero-order valence-electron chi connectivity index (χ0n) is 13.2. The number of nitrogens with zero attached hydrogens (tertiary/aromatic N) is 2. The summed E-state index contributed by atoms with van der Waals surface area (Å²) in [6.45, 7) is 1.18. The molecule has 1 fully saturated rings. The fraction of sp³-hybridized carbons (Fsp3) is 0.471. The molecule has 0 atom stereocenters. The quantitative estimate of drug-likeness (QED) is 0.887. The topological polar surface area (TPSA) is 82.4 Å². The molecule has 0 unspecified atom stereocenters. The van der Waals surface area contributed by atoms with Crippen LogP contribution in [-0.2, 0) is 16.0 Å². The largest absolute Gasteiger partial charge is 0.497 e. The van der Waals surface area contributed by atoms with Gasteiger partial charge in [0.1, 0.15) is 12.2 Å². The van der Waals surface area contributed by atoms with Crippen LogP contribution in [0.5, 0.6) is 5.75 Å². The Morgan fingerprint density at radius 2 is 1.96 bits per heavy atom. The number of likely N-dealkylation sites (tertiary alicyclic amines) is 1. The van der Waals surface area contributed by atoms with Crippen molar-refractivity contribution in [1.29, 1.82) is 5.26 Å². The molecule has 6 nitrogen and oxygen atoms in total. The van der Waals surface area contributed by atoms with Crippen LogP contribution >= 0.6 is 0 Å². The van der Waals surface area contributed by atoms with Crippen molar-refractivity contribution >= 4 is 11.8 Å². The third-order valence-electron chi connectivity index (χ3n) is 3.97. The first-order valence-electron chi connectivity index (χ1n) is 7.69. The third kappa shape index (κ3) is 4.99. The molecule has 122 valence electrons. The van der Waals surface area contributed by atoms with Gasteiger partial charge in [0.2, 0.25) is 11.8 Å². The Balaban J connectivity index is 1.76. The minimum Gasteiger partial charge on any atom is -0.497 e. The standard InChI is InChI=1S/C17H21N3O3/c1-23-15-4-2-13(3-5-15)12-16(21)19-14-7-10-20(11-8-14)17(22)6-9-18/h2-5,14H,6-8,10-12H2,1H3,(H,19,21). The molecule has 0 spiro atoms. The van der Waals surface area contributed by atoms with Gasteiger partial charge in [0, 0.05) is 19.1 Å². The molecule has 0 aliphatic carbocycles. The molecule has 6 heteroatoms. The van der Waals surface area contributed by atoms with Crippen molar-refractivity contribution in [2.75, 3.05) is 20.2 Å². The Labute approximate surface area is 136 Å². The van der Waals surface area contributed by atoms with Crippen molar-refractivity contribution in [3.63, 3.8) is 0 Å². The highest BCUT2D eigenvalue weighted by atomic mass is 16.5.